The van der Waals surface area contributed by atoms with Gasteiger partial charge in [-0.15, -0.1) is 0 Å². The smallest absolute Gasteiger partial charge is 0.00723 e. The molecule has 0 spiro atoms. The molecule has 1 nitrogen and oxygen atoms in total. The van der Waals surface area contributed by atoms with Crippen LogP contribution in [0.4, 0.5) is 0 Å². The molecule has 0 aromatic carbocycles. The van der Waals surface area contributed by atoms with Gasteiger partial charge >= 0.3 is 0 Å². The Morgan fingerprint density at radius 3 is 2.85 bits per heavy atom. The average molecular weight is 266 g/mol. The fourth-order valence-electron chi connectivity index (χ4n) is 1.63. The zero-order valence-corrected chi connectivity index (χ0v) is 10.7. The van der Waals surface area contributed by atoms with Gasteiger partial charge in [0.25, 0.3) is 0 Å². The van der Waals surface area contributed by atoms with E-state index in [2.05, 4.69) is 32.6 Å². The van der Waals surface area contributed by atoms with Gasteiger partial charge in [0.05, 0.1) is 0 Å². The van der Waals surface area contributed by atoms with Crippen molar-refractivity contribution in [1.82, 2.24) is 4.90 Å². The summed E-state index contributed by atoms with van der Waals surface area (Å²) >= 11 is 5.59. The molecule has 1 heterocycles. The van der Waals surface area contributed by atoms with E-state index in [1.54, 1.807) is 0 Å². The normalized spacial score (nSPS) is 20.1. The van der Waals surface area contributed by atoms with E-state index in [0.717, 1.165) is 0 Å². The summed E-state index contributed by atoms with van der Waals surface area (Å²) in [5, 5.41) is 1.17. The van der Waals surface area contributed by atoms with Crippen molar-refractivity contribution in [2.75, 3.05) is 36.5 Å². The van der Waals surface area contributed by atoms with Crippen LogP contribution in [0.25, 0.3) is 0 Å². The molecule has 3 heteroatoms. The molecule has 78 valence electrons. The summed E-state index contributed by atoms with van der Waals surface area (Å²) < 4.78 is 0. The van der Waals surface area contributed by atoms with E-state index in [0.29, 0.717) is 0 Å². The predicted octanol–water partition coefficient (Wildman–Crippen LogP) is 2.99. The van der Waals surface area contributed by atoms with Gasteiger partial charge in [0, 0.05) is 17.6 Å². The topological polar surface area (TPSA) is 3.24 Å². The second kappa shape index (κ2) is 8.13. The molecule has 1 aliphatic heterocycles. The van der Waals surface area contributed by atoms with E-state index >= 15 is 0 Å². The Morgan fingerprint density at radius 2 is 2.00 bits per heavy atom. The fraction of sp³-hybridized carbons (Fsp3) is 1.00. The minimum Gasteiger partial charge on any atom is -0.302 e. The van der Waals surface area contributed by atoms with Crippen molar-refractivity contribution in [1.29, 1.82) is 0 Å². The van der Waals surface area contributed by atoms with Crippen LogP contribution in [-0.4, -0.2) is 41.4 Å². The van der Waals surface area contributed by atoms with Gasteiger partial charge in [0.2, 0.25) is 0 Å². The molecule has 0 amide bonds. The number of rotatable bonds is 5. The molecule has 0 unspecified atom stereocenters. The van der Waals surface area contributed by atoms with Crippen molar-refractivity contribution in [2.45, 2.75) is 25.7 Å². The standard InChI is InChI=1S/C10H20BrNS/c11-5-2-1-3-6-12-7-4-9-13-10-8-12/h1-10H2. The first-order valence-electron chi connectivity index (χ1n) is 5.29. The summed E-state index contributed by atoms with van der Waals surface area (Å²) in [5.41, 5.74) is 0. The molecule has 1 rings (SSSR count). The monoisotopic (exact) mass is 265 g/mol. The molecule has 0 aromatic rings. The highest BCUT2D eigenvalue weighted by atomic mass is 79.9. The quantitative estimate of drug-likeness (QED) is 0.556. The Hall–Kier alpha value is 0.790. The lowest BCUT2D eigenvalue weighted by atomic mass is 10.2. The third-order valence-corrected chi connectivity index (χ3v) is 4.03. The van der Waals surface area contributed by atoms with Gasteiger partial charge in [0.1, 0.15) is 0 Å². The minimum atomic E-state index is 1.17. The van der Waals surface area contributed by atoms with Gasteiger partial charge in [0.15, 0.2) is 0 Å². The number of thioether (sulfide) groups is 1. The van der Waals surface area contributed by atoms with Crippen LogP contribution in [0.2, 0.25) is 0 Å². The van der Waals surface area contributed by atoms with Crippen LogP contribution >= 0.6 is 27.7 Å². The van der Waals surface area contributed by atoms with Gasteiger partial charge in [-0.25, -0.2) is 0 Å². The van der Waals surface area contributed by atoms with Crippen LogP contribution in [0, 0.1) is 0 Å². The molecule has 0 radical (unpaired) electrons. The van der Waals surface area contributed by atoms with E-state index in [4.69, 9.17) is 0 Å². The largest absolute Gasteiger partial charge is 0.302 e. The molecule has 1 saturated heterocycles. The summed E-state index contributed by atoms with van der Waals surface area (Å²) in [4.78, 5) is 2.63. The lowest BCUT2D eigenvalue weighted by molar-refractivity contribution is 0.289. The van der Waals surface area contributed by atoms with Crippen molar-refractivity contribution >= 4 is 27.7 Å². The van der Waals surface area contributed by atoms with E-state index in [1.807, 2.05) is 0 Å². The fourth-order valence-corrected chi connectivity index (χ4v) is 2.95. The maximum Gasteiger partial charge on any atom is 0.00723 e. The van der Waals surface area contributed by atoms with Gasteiger partial charge in [-0.1, -0.05) is 22.4 Å². The Balaban J connectivity index is 1.98. The van der Waals surface area contributed by atoms with Crippen LogP contribution in [0.3, 0.4) is 0 Å². The highest BCUT2D eigenvalue weighted by molar-refractivity contribution is 9.09. The molecule has 0 atom stereocenters. The lowest BCUT2D eigenvalue weighted by Crippen LogP contribution is -2.27. The van der Waals surface area contributed by atoms with E-state index < -0.39 is 0 Å². The van der Waals surface area contributed by atoms with Crippen LogP contribution in [0.15, 0.2) is 0 Å². The van der Waals surface area contributed by atoms with Gasteiger partial charge in [-0.05, 0) is 38.1 Å². The van der Waals surface area contributed by atoms with E-state index in [1.165, 1.54) is 62.2 Å². The molecule has 0 bridgehead atoms. The molecular formula is C10H20BrNS. The number of alkyl halides is 1. The number of nitrogens with zero attached hydrogens (tertiary/aromatic N) is 1. The summed E-state index contributed by atoms with van der Waals surface area (Å²) in [6.07, 6.45) is 5.50. The summed E-state index contributed by atoms with van der Waals surface area (Å²) in [5.74, 6) is 2.72. The predicted molar refractivity (Wildman–Crippen MR) is 66.0 cm³/mol. The zero-order chi connectivity index (χ0) is 9.36. The van der Waals surface area contributed by atoms with Crippen molar-refractivity contribution in [3.63, 3.8) is 0 Å². The summed E-state index contributed by atoms with van der Waals surface area (Å²) in [7, 11) is 0. The highest BCUT2D eigenvalue weighted by Gasteiger charge is 2.07. The van der Waals surface area contributed by atoms with Crippen molar-refractivity contribution < 1.29 is 0 Å². The Kier molecular flexibility index (Phi) is 7.42. The number of hydrogen-bond donors (Lipinski definition) is 0. The number of halogens is 1. The summed E-state index contributed by atoms with van der Waals surface area (Å²) in [6, 6.07) is 0. The van der Waals surface area contributed by atoms with Gasteiger partial charge in [-0.2, -0.15) is 11.8 Å². The van der Waals surface area contributed by atoms with Crippen molar-refractivity contribution in [3.8, 4) is 0 Å². The van der Waals surface area contributed by atoms with Crippen molar-refractivity contribution in [3.05, 3.63) is 0 Å². The zero-order valence-electron chi connectivity index (χ0n) is 8.30. The van der Waals surface area contributed by atoms with Gasteiger partial charge in [-0.3, -0.25) is 0 Å². The van der Waals surface area contributed by atoms with Crippen LogP contribution in [0.1, 0.15) is 25.7 Å². The SMILES string of the molecule is BrCCCCCN1CCCSCC1. The maximum absolute atomic E-state index is 3.47. The van der Waals surface area contributed by atoms with Crippen molar-refractivity contribution in [2.24, 2.45) is 0 Å². The average Bonchev–Trinajstić information content (AvgIpc) is 2.41. The second-order valence-corrected chi connectivity index (χ2v) is 5.57. The maximum atomic E-state index is 3.47. The van der Waals surface area contributed by atoms with Crippen LogP contribution < -0.4 is 0 Å². The summed E-state index contributed by atoms with van der Waals surface area (Å²) in [6.45, 7) is 3.98. The highest BCUT2D eigenvalue weighted by Crippen LogP contribution is 2.10. The Morgan fingerprint density at radius 1 is 1.08 bits per heavy atom. The first-order valence-corrected chi connectivity index (χ1v) is 7.57. The third-order valence-electron chi connectivity index (χ3n) is 2.42. The Bertz CT molecular complexity index is 113. The lowest BCUT2D eigenvalue weighted by Gasteiger charge is -2.18. The Labute approximate surface area is 94.8 Å². The van der Waals surface area contributed by atoms with E-state index in [9.17, 15) is 0 Å². The first-order chi connectivity index (χ1) is 6.43. The van der Waals surface area contributed by atoms with Crippen LogP contribution in [0.5, 0.6) is 0 Å². The second-order valence-electron chi connectivity index (χ2n) is 3.56. The van der Waals surface area contributed by atoms with Crippen LogP contribution in [-0.2, 0) is 0 Å². The first kappa shape index (κ1) is 11.9. The number of hydrogen-bond acceptors (Lipinski definition) is 2. The molecule has 0 saturated carbocycles. The van der Waals surface area contributed by atoms with E-state index in [-0.39, 0.29) is 0 Å². The molecule has 1 aliphatic rings. The molecule has 1 fully saturated rings. The van der Waals surface area contributed by atoms with Gasteiger partial charge < -0.3 is 4.90 Å². The minimum absolute atomic E-state index is 1.17. The molecule has 0 aliphatic carbocycles. The molecule has 0 aromatic heterocycles. The molecule has 13 heavy (non-hydrogen) atoms. The number of unbranched alkanes of at least 4 members (excludes halogenated alkanes) is 2. The molecular weight excluding hydrogens is 246 g/mol. The third kappa shape index (κ3) is 5.97. The molecule has 0 N–H and O–H groups in total.